The quantitative estimate of drug-likeness (QED) is 0.710. The van der Waals surface area contributed by atoms with Crippen LogP contribution in [-0.4, -0.2) is 4.98 Å². The van der Waals surface area contributed by atoms with Gasteiger partial charge in [0.25, 0.3) is 0 Å². The minimum absolute atomic E-state index is 0.138. The highest BCUT2D eigenvalue weighted by Crippen LogP contribution is 2.39. The highest BCUT2D eigenvalue weighted by molar-refractivity contribution is 6.33. The number of aryl methyl sites for hydroxylation is 1. The van der Waals surface area contributed by atoms with E-state index in [1.807, 2.05) is 37.3 Å². The summed E-state index contributed by atoms with van der Waals surface area (Å²) in [6.45, 7) is 4.12. The fourth-order valence-corrected chi connectivity index (χ4v) is 2.71. The molecular weight excluding hydrogens is 265 g/mol. The second-order valence-electron chi connectivity index (χ2n) is 4.50. The van der Waals surface area contributed by atoms with Crippen LogP contribution in [0.2, 0.25) is 5.02 Å². The summed E-state index contributed by atoms with van der Waals surface area (Å²) in [5.41, 5.74) is 3.29. The minimum Gasteiger partial charge on any atom is -0.265 e. The Kier molecular flexibility index (Phi) is 4.26. The number of benzene rings is 1. The molecule has 0 aliphatic carbocycles. The van der Waals surface area contributed by atoms with Crippen molar-refractivity contribution in [3.05, 3.63) is 64.4 Å². The molecule has 2 aromatic rings. The summed E-state index contributed by atoms with van der Waals surface area (Å²) in [5.74, 6) is 0.190. The SMILES string of the molecule is Cc1ccc(C(Cl)C(C)c2ccncc2)c(Cl)c1. The summed E-state index contributed by atoms with van der Waals surface area (Å²) in [6, 6.07) is 9.97. The van der Waals surface area contributed by atoms with E-state index in [9.17, 15) is 0 Å². The van der Waals surface area contributed by atoms with Crippen LogP contribution < -0.4 is 0 Å². The molecule has 1 aromatic heterocycles. The lowest BCUT2D eigenvalue weighted by molar-refractivity contribution is 0.730. The smallest absolute Gasteiger partial charge is 0.0665 e. The van der Waals surface area contributed by atoms with Crippen LogP contribution in [0.15, 0.2) is 42.7 Å². The van der Waals surface area contributed by atoms with Gasteiger partial charge in [-0.15, -0.1) is 11.6 Å². The Morgan fingerprint density at radius 3 is 2.39 bits per heavy atom. The molecule has 1 aromatic carbocycles. The van der Waals surface area contributed by atoms with Crippen LogP contribution in [-0.2, 0) is 0 Å². The van der Waals surface area contributed by atoms with E-state index in [-0.39, 0.29) is 11.3 Å². The van der Waals surface area contributed by atoms with E-state index in [0.717, 1.165) is 16.1 Å². The minimum atomic E-state index is -0.138. The number of aromatic nitrogens is 1. The molecule has 0 amide bonds. The van der Waals surface area contributed by atoms with E-state index in [1.54, 1.807) is 12.4 Å². The van der Waals surface area contributed by atoms with Gasteiger partial charge in [0, 0.05) is 23.3 Å². The van der Waals surface area contributed by atoms with E-state index >= 15 is 0 Å². The first-order valence-corrected chi connectivity index (χ1v) is 6.71. The first-order valence-electron chi connectivity index (χ1n) is 5.89. The van der Waals surface area contributed by atoms with Gasteiger partial charge in [0.05, 0.1) is 5.38 Å². The standard InChI is InChI=1S/C15H15Cl2N/c1-10-3-4-13(14(16)9-10)15(17)11(2)12-5-7-18-8-6-12/h3-9,11,15H,1-2H3. The molecule has 0 aliphatic heterocycles. The molecule has 0 bridgehead atoms. The van der Waals surface area contributed by atoms with Crippen molar-refractivity contribution < 1.29 is 0 Å². The van der Waals surface area contributed by atoms with E-state index in [4.69, 9.17) is 23.2 Å². The highest BCUT2D eigenvalue weighted by atomic mass is 35.5. The van der Waals surface area contributed by atoms with Gasteiger partial charge in [-0.2, -0.15) is 0 Å². The normalized spacial score (nSPS) is 14.2. The predicted octanol–water partition coefficient (Wildman–Crippen LogP) is 5.13. The Balaban J connectivity index is 2.28. The van der Waals surface area contributed by atoms with Crippen LogP contribution in [0.5, 0.6) is 0 Å². The number of pyridine rings is 1. The molecule has 94 valence electrons. The summed E-state index contributed by atoms with van der Waals surface area (Å²) in [5, 5.41) is 0.594. The van der Waals surface area contributed by atoms with Gasteiger partial charge in [0.2, 0.25) is 0 Å². The van der Waals surface area contributed by atoms with E-state index < -0.39 is 0 Å². The van der Waals surface area contributed by atoms with Crippen molar-refractivity contribution in [3.8, 4) is 0 Å². The second kappa shape index (κ2) is 5.73. The zero-order valence-electron chi connectivity index (χ0n) is 10.4. The lowest BCUT2D eigenvalue weighted by atomic mass is 9.93. The van der Waals surface area contributed by atoms with Gasteiger partial charge in [-0.3, -0.25) is 4.98 Å². The lowest BCUT2D eigenvalue weighted by Crippen LogP contribution is -2.03. The van der Waals surface area contributed by atoms with Gasteiger partial charge in [0.1, 0.15) is 0 Å². The molecule has 18 heavy (non-hydrogen) atoms. The molecule has 3 heteroatoms. The Hall–Kier alpha value is -1.05. The average Bonchev–Trinajstić information content (AvgIpc) is 2.38. The van der Waals surface area contributed by atoms with Gasteiger partial charge in [0.15, 0.2) is 0 Å². The van der Waals surface area contributed by atoms with Crippen molar-refractivity contribution in [3.63, 3.8) is 0 Å². The number of hydrogen-bond donors (Lipinski definition) is 0. The van der Waals surface area contributed by atoms with E-state index in [0.29, 0.717) is 0 Å². The molecule has 1 nitrogen and oxygen atoms in total. The molecule has 2 unspecified atom stereocenters. The van der Waals surface area contributed by atoms with Gasteiger partial charge in [-0.05, 0) is 41.8 Å². The lowest BCUT2D eigenvalue weighted by Gasteiger charge is -2.20. The second-order valence-corrected chi connectivity index (χ2v) is 5.37. The van der Waals surface area contributed by atoms with Gasteiger partial charge >= 0.3 is 0 Å². The van der Waals surface area contributed by atoms with Crippen molar-refractivity contribution in [1.29, 1.82) is 0 Å². The van der Waals surface area contributed by atoms with Crippen LogP contribution in [0.4, 0.5) is 0 Å². The summed E-state index contributed by atoms with van der Waals surface area (Å²) in [7, 11) is 0. The third kappa shape index (κ3) is 2.85. The molecule has 0 saturated carbocycles. The molecule has 0 N–H and O–H groups in total. The van der Waals surface area contributed by atoms with Gasteiger partial charge in [-0.1, -0.05) is 30.7 Å². The number of nitrogens with zero attached hydrogens (tertiary/aromatic N) is 1. The monoisotopic (exact) mass is 279 g/mol. The zero-order chi connectivity index (χ0) is 13.1. The largest absolute Gasteiger partial charge is 0.265 e. The Labute approximate surface area is 118 Å². The molecule has 0 fully saturated rings. The maximum absolute atomic E-state index is 6.54. The third-order valence-electron chi connectivity index (χ3n) is 3.12. The summed E-state index contributed by atoms with van der Waals surface area (Å²) in [6.07, 6.45) is 3.57. The van der Waals surface area contributed by atoms with Gasteiger partial charge < -0.3 is 0 Å². The first-order chi connectivity index (χ1) is 8.59. The summed E-state index contributed by atoms with van der Waals surface area (Å²) >= 11 is 12.8. The van der Waals surface area contributed by atoms with Crippen LogP contribution in [0.3, 0.4) is 0 Å². The topological polar surface area (TPSA) is 12.9 Å². The van der Waals surface area contributed by atoms with Crippen molar-refractivity contribution in [2.75, 3.05) is 0 Å². The van der Waals surface area contributed by atoms with Crippen LogP contribution in [0, 0.1) is 6.92 Å². The number of halogens is 2. The van der Waals surface area contributed by atoms with E-state index in [2.05, 4.69) is 11.9 Å². The fourth-order valence-electron chi connectivity index (χ4n) is 1.96. The number of alkyl halides is 1. The summed E-state index contributed by atoms with van der Waals surface area (Å²) in [4.78, 5) is 4.02. The molecule has 0 aliphatic rings. The number of rotatable bonds is 3. The van der Waals surface area contributed by atoms with Crippen LogP contribution in [0.25, 0.3) is 0 Å². The van der Waals surface area contributed by atoms with Crippen LogP contribution in [0.1, 0.15) is 34.9 Å². The third-order valence-corrected chi connectivity index (χ3v) is 4.06. The molecule has 0 saturated heterocycles. The molecule has 0 radical (unpaired) electrons. The maximum atomic E-state index is 6.54. The predicted molar refractivity (Wildman–Crippen MR) is 77.4 cm³/mol. The van der Waals surface area contributed by atoms with Crippen LogP contribution >= 0.6 is 23.2 Å². The Bertz CT molecular complexity index is 525. The Morgan fingerprint density at radius 2 is 1.78 bits per heavy atom. The highest BCUT2D eigenvalue weighted by Gasteiger charge is 2.20. The summed E-state index contributed by atoms with van der Waals surface area (Å²) < 4.78 is 0. The van der Waals surface area contributed by atoms with Crippen molar-refractivity contribution >= 4 is 23.2 Å². The molecule has 1 heterocycles. The average molecular weight is 280 g/mol. The van der Waals surface area contributed by atoms with E-state index in [1.165, 1.54) is 5.56 Å². The zero-order valence-corrected chi connectivity index (χ0v) is 11.9. The molecular formula is C15H15Cl2N. The number of hydrogen-bond acceptors (Lipinski definition) is 1. The van der Waals surface area contributed by atoms with Crippen molar-refractivity contribution in [2.24, 2.45) is 0 Å². The Morgan fingerprint density at radius 1 is 1.11 bits per heavy atom. The molecule has 2 rings (SSSR count). The molecule has 2 atom stereocenters. The van der Waals surface area contributed by atoms with Crippen molar-refractivity contribution in [2.45, 2.75) is 25.1 Å². The van der Waals surface area contributed by atoms with Gasteiger partial charge in [-0.25, -0.2) is 0 Å². The fraction of sp³-hybridized carbons (Fsp3) is 0.267. The first kappa shape index (κ1) is 13.4. The maximum Gasteiger partial charge on any atom is 0.0665 e. The molecule has 0 spiro atoms. The van der Waals surface area contributed by atoms with Crippen molar-refractivity contribution in [1.82, 2.24) is 4.98 Å².